The maximum atomic E-state index is 11.5. The van der Waals surface area contributed by atoms with Gasteiger partial charge in [-0.1, -0.05) is 12.2 Å². The fourth-order valence-corrected chi connectivity index (χ4v) is 2.70. The zero-order chi connectivity index (χ0) is 11.5. The van der Waals surface area contributed by atoms with E-state index in [9.17, 15) is 4.79 Å². The summed E-state index contributed by atoms with van der Waals surface area (Å²) in [5.74, 6) is -0.233. The summed E-state index contributed by atoms with van der Waals surface area (Å²) in [7, 11) is 0. The lowest BCUT2D eigenvalue weighted by atomic mass is 10.0. The Balaban J connectivity index is 2.06. The molecule has 1 unspecified atom stereocenters. The maximum absolute atomic E-state index is 11.5. The summed E-state index contributed by atoms with van der Waals surface area (Å²) in [5, 5.41) is 0. The summed E-state index contributed by atoms with van der Waals surface area (Å²) in [6.07, 6.45) is 8.39. The topological polar surface area (TPSA) is 26.3 Å². The summed E-state index contributed by atoms with van der Waals surface area (Å²) in [6.45, 7) is 5.34. The van der Waals surface area contributed by atoms with Gasteiger partial charge in [-0.2, -0.15) is 0 Å². The standard InChI is InChI=1S/C14H20O2/c1-10(2)14(15)16-13-9-5-8-12(13)11-6-3-4-7-11/h13H,1,3-9H2,2H3. The van der Waals surface area contributed by atoms with Gasteiger partial charge in [-0.05, 0) is 57.4 Å². The largest absolute Gasteiger partial charge is 0.454 e. The van der Waals surface area contributed by atoms with Gasteiger partial charge in [-0.25, -0.2) is 4.79 Å². The van der Waals surface area contributed by atoms with Gasteiger partial charge >= 0.3 is 5.97 Å². The Labute approximate surface area is 97.4 Å². The molecule has 0 amide bonds. The first-order chi connectivity index (χ1) is 7.68. The molecule has 1 atom stereocenters. The van der Waals surface area contributed by atoms with Gasteiger partial charge in [0, 0.05) is 5.57 Å². The molecule has 0 aromatic rings. The molecule has 88 valence electrons. The molecule has 2 fully saturated rings. The van der Waals surface area contributed by atoms with Crippen LogP contribution in [0.25, 0.3) is 0 Å². The molecule has 2 aliphatic rings. The summed E-state index contributed by atoms with van der Waals surface area (Å²) in [5.41, 5.74) is 3.49. The van der Waals surface area contributed by atoms with Crippen molar-refractivity contribution < 1.29 is 9.53 Å². The van der Waals surface area contributed by atoms with Gasteiger partial charge in [0.15, 0.2) is 0 Å². The van der Waals surface area contributed by atoms with Gasteiger partial charge in [-0.15, -0.1) is 0 Å². The van der Waals surface area contributed by atoms with Crippen molar-refractivity contribution in [1.29, 1.82) is 0 Å². The Hall–Kier alpha value is -1.05. The van der Waals surface area contributed by atoms with E-state index in [4.69, 9.17) is 4.74 Å². The Morgan fingerprint density at radius 3 is 2.56 bits per heavy atom. The average Bonchev–Trinajstić information content (AvgIpc) is 2.85. The quantitative estimate of drug-likeness (QED) is 0.404. The third-order valence-electron chi connectivity index (χ3n) is 3.56. The third kappa shape index (κ3) is 2.37. The molecule has 16 heavy (non-hydrogen) atoms. The fourth-order valence-electron chi connectivity index (χ4n) is 2.70. The zero-order valence-corrected chi connectivity index (χ0v) is 10.1. The number of rotatable bonds is 2. The summed E-state index contributed by atoms with van der Waals surface area (Å²) >= 11 is 0. The summed E-state index contributed by atoms with van der Waals surface area (Å²) in [4.78, 5) is 11.5. The highest BCUT2D eigenvalue weighted by atomic mass is 16.5. The van der Waals surface area contributed by atoms with Crippen LogP contribution < -0.4 is 0 Å². The molecule has 0 N–H and O–H groups in total. The van der Waals surface area contributed by atoms with E-state index < -0.39 is 0 Å². The van der Waals surface area contributed by atoms with Crippen LogP contribution in [-0.4, -0.2) is 12.1 Å². The number of allylic oxidation sites excluding steroid dienone is 1. The highest BCUT2D eigenvalue weighted by Crippen LogP contribution is 2.37. The van der Waals surface area contributed by atoms with Crippen LogP contribution in [0.2, 0.25) is 0 Å². The Morgan fingerprint density at radius 1 is 1.25 bits per heavy atom. The number of hydrogen-bond donors (Lipinski definition) is 0. The van der Waals surface area contributed by atoms with E-state index in [0.29, 0.717) is 5.57 Å². The number of carbonyl (C=O) groups is 1. The number of hydrogen-bond acceptors (Lipinski definition) is 2. The first-order valence-electron chi connectivity index (χ1n) is 6.26. The van der Waals surface area contributed by atoms with E-state index in [2.05, 4.69) is 6.58 Å². The molecule has 0 aromatic carbocycles. The van der Waals surface area contributed by atoms with Crippen molar-refractivity contribution in [3.8, 4) is 0 Å². The molecular formula is C14H20O2. The van der Waals surface area contributed by atoms with E-state index in [1.54, 1.807) is 12.5 Å². The van der Waals surface area contributed by atoms with Gasteiger partial charge in [0.1, 0.15) is 6.10 Å². The first-order valence-corrected chi connectivity index (χ1v) is 6.26. The molecule has 0 radical (unpaired) electrons. The van der Waals surface area contributed by atoms with Crippen molar-refractivity contribution in [2.45, 2.75) is 58.0 Å². The molecule has 0 aliphatic heterocycles. The predicted octanol–water partition coefficient (Wildman–Crippen LogP) is 3.53. The van der Waals surface area contributed by atoms with Crippen molar-refractivity contribution in [2.24, 2.45) is 0 Å². The first kappa shape index (κ1) is 11.4. The van der Waals surface area contributed by atoms with Crippen LogP contribution in [0.3, 0.4) is 0 Å². The highest BCUT2D eigenvalue weighted by molar-refractivity contribution is 5.87. The molecule has 2 rings (SSSR count). The summed E-state index contributed by atoms with van der Waals surface area (Å²) < 4.78 is 5.50. The van der Waals surface area contributed by atoms with Crippen LogP contribution in [0.4, 0.5) is 0 Å². The smallest absolute Gasteiger partial charge is 0.333 e. The molecular weight excluding hydrogens is 200 g/mol. The van der Waals surface area contributed by atoms with Crippen molar-refractivity contribution >= 4 is 5.97 Å². The van der Waals surface area contributed by atoms with E-state index in [-0.39, 0.29) is 12.1 Å². The molecule has 2 nitrogen and oxygen atoms in total. The van der Waals surface area contributed by atoms with Crippen molar-refractivity contribution in [3.05, 3.63) is 23.3 Å². The Kier molecular flexibility index (Phi) is 3.47. The van der Waals surface area contributed by atoms with Gasteiger partial charge < -0.3 is 4.74 Å². The van der Waals surface area contributed by atoms with Gasteiger partial charge in [-0.3, -0.25) is 0 Å². The number of carbonyl (C=O) groups excluding carboxylic acids is 1. The van der Waals surface area contributed by atoms with E-state index >= 15 is 0 Å². The van der Waals surface area contributed by atoms with Crippen molar-refractivity contribution in [3.63, 3.8) is 0 Å². The van der Waals surface area contributed by atoms with Crippen LogP contribution in [-0.2, 0) is 9.53 Å². The molecule has 2 saturated carbocycles. The number of ether oxygens (including phenoxy) is 1. The third-order valence-corrected chi connectivity index (χ3v) is 3.56. The average molecular weight is 220 g/mol. The molecule has 0 heterocycles. The predicted molar refractivity (Wildman–Crippen MR) is 64.0 cm³/mol. The lowest BCUT2D eigenvalue weighted by Crippen LogP contribution is -2.17. The van der Waals surface area contributed by atoms with Crippen LogP contribution in [0.1, 0.15) is 51.9 Å². The second kappa shape index (κ2) is 4.86. The van der Waals surface area contributed by atoms with Crippen LogP contribution in [0.5, 0.6) is 0 Å². The molecule has 0 saturated heterocycles. The van der Waals surface area contributed by atoms with Crippen LogP contribution >= 0.6 is 0 Å². The lowest BCUT2D eigenvalue weighted by molar-refractivity contribution is -0.142. The molecule has 2 aliphatic carbocycles. The minimum Gasteiger partial charge on any atom is -0.454 e. The molecule has 2 heteroatoms. The normalized spacial score (nSPS) is 24.9. The SMILES string of the molecule is C=C(C)C(=O)OC1CCCC1=C1CCCC1. The zero-order valence-electron chi connectivity index (χ0n) is 10.1. The fraction of sp³-hybridized carbons (Fsp3) is 0.643. The number of esters is 1. The molecule has 0 spiro atoms. The van der Waals surface area contributed by atoms with E-state index in [1.807, 2.05) is 0 Å². The minimum atomic E-state index is -0.233. The Morgan fingerprint density at radius 2 is 1.94 bits per heavy atom. The van der Waals surface area contributed by atoms with E-state index in [0.717, 1.165) is 19.3 Å². The van der Waals surface area contributed by atoms with Gasteiger partial charge in [0.2, 0.25) is 0 Å². The summed E-state index contributed by atoms with van der Waals surface area (Å²) in [6, 6.07) is 0. The van der Waals surface area contributed by atoms with Gasteiger partial charge in [0.05, 0.1) is 0 Å². The minimum absolute atomic E-state index is 0.0531. The maximum Gasteiger partial charge on any atom is 0.333 e. The van der Waals surface area contributed by atoms with Crippen LogP contribution in [0.15, 0.2) is 23.3 Å². The Bertz CT molecular complexity index is 331. The highest BCUT2D eigenvalue weighted by Gasteiger charge is 2.28. The van der Waals surface area contributed by atoms with Crippen molar-refractivity contribution in [1.82, 2.24) is 0 Å². The second-order valence-electron chi connectivity index (χ2n) is 4.90. The second-order valence-corrected chi connectivity index (χ2v) is 4.90. The monoisotopic (exact) mass is 220 g/mol. The van der Waals surface area contributed by atoms with E-state index in [1.165, 1.54) is 31.3 Å². The molecule has 0 bridgehead atoms. The lowest BCUT2D eigenvalue weighted by Gasteiger charge is -2.16. The van der Waals surface area contributed by atoms with Crippen LogP contribution in [0, 0.1) is 0 Å². The molecule has 0 aromatic heterocycles. The van der Waals surface area contributed by atoms with Gasteiger partial charge in [0.25, 0.3) is 0 Å². The van der Waals surface area contributed by atoms with Crippen molar-refractivity contribution in [2.75, 3.05) is 0 Å².